The lowest BCUT2D eigenvalue weighted by Crippen LogP contribution is -2.35. The molecular formula is C24H31F3N6O5. The minimum absolute atomic E-state index is 0.0276. The maximum Gasteiger partial charge on any atom is 0.573 e. The number of anilines is 2. The first kappa shape index (κ1) is 28.9. The summed E-state index contributed by atoms with van der Waals surface area (Å²) in [6, 6.07) is 6.00. The zero-order chi connectivity index (χ0) is 27.5. The second kappa shape index (κ2) is 13.7. The molecule has 0 radical (unpaired) electrons. The molecule has 1 saturated carbocycles. The number of esters is 1. The number of rotatable bonds is 13. The van der Waals surface area contributed by atoms with Gasteiger partial charge in [-0.3, -0.25) is 14.9 Å². The van der Waals surface area contributed by atoms with Crippen molar-refractivity contribution in [2.45, 2.75) is 57.5 Å². The molecule has 1 aliphatic rings. The zero-order valence-electron chi connectivity index (χ0n) is 20.9. The van der Waals surface area contributed by atoms with Crippen molar-refractivity contribution in [3.63, 3.8) is 0 Å². The van der Waals surface area contributed by atoms with Crippen LogP contribution in [0.3, 0.4) is 0 Å². The van der Waals surface area contributed by atoms with Crippen molar-refractivity contribution in [2.75, 3.05) is 30.8 Å². The van der Waals surface area contributed by atoms with Gasteiger partial charge in [0, 0.05) is 31.1 Å². The molecule has 0 atom stereocenters. The van der Waals surface area contributed by atoms with Crippen LogP contribution >= 0.6 is 0 Å². The predicted molar refractivity (Wildman–Crippen MR) is 133 cm³/mol. The van der Waals surface area contributed by atoms with Crippen molar-refractivity contribution in [1.82, 2.24) is 15.3 Å². The van der Waals surface area contributed by atoms with Crippen LogP contribution in [0.2, 0.25) is 0 Å². The Morgan fingerprint density at radius 1 is 1.18 bits per heavy atom. The molecule has 0 unspecified atom stereocenters. The molecule has 11 nitrogen and oxygen atoms in total. The summed E-state index contributed by atoms with van der Waals surface area (Å²) in [7, 11) is 1.37. The molecule has 0 bridgehead atoms. The first-order valence-electron chi connectivity index (χ1n) is 12.3. The van der Waals surface area contributed by atoms with Gasteiger partial charge in [-0.2, -0.15) is 4.98 Å². The molecule has 3 N–H and O–H groups in total. The fourth-order valence-electron chi connectivity index (χ4n) is 4.23. The number of halogens is 3. The van der Waals surface area contributed by atoms with Crippen molar-refractivity contribution < 1.29 is 32.4 Å². The molecule has 38 heavy (non-hydrogen) atoms. The number of alkyl halides is 3. The van der Waals surface area contributed by atoms with Crippen LogP contribution < -0.4 is 20.7 Å². The number of aromatic nitrogens is 2. The van der Waals surface area contributed by atoms with E-state index in [0.717, 1.165) is 38.4 Å². The fourth-order valence-corrected chi connectivity index (χ4v) is 4.23. The number of nitro groups is 1. The van der Waals surface area contributed by atoms with E-state index in [-0.39, 0.29) is 41.3 Å². The third-order valence-electron chi connectivity index (χ3n) is 6.22. The average molecular weight is 541 g/mol. The Bertz CT molecular complexity index is 1080. The molecule has 0 amide bonds. The highest BCUT2D eigenvalue weighted by Gasteiger charge is 2.32. The van der Waals surface area contributed by atoms with E-state index < -0.39 is 11.3 Å². The van der Waals surface area contributed by atoms with Crippen LogP contribution in [0.1, 0.15) is 44.1 Å². The van der Waals surface area contributed by atoms with Crippen LogP contribution in [0.25, 0.3) is 0 Å². The van der Waals surface area contributed by atoms with Crippen molar-refractivity contribution in [3.8, 4) is 5.75 Å². The van der Waals surface area contributed by atoms with Crippen LogP contribution in [0, 0.1) is 16.0 Å². The van der Waals surface area contributed by atoms with Crippen molar-refractivity contribution >= 4 is 23.4 Å². The largest absolute Gasteiger partial charge is 0.573 e. The van der Waals surface area contributed by atoms with Crippen LogP contribution in [0.5, 0.6) is 5.75 Å². The highest BCUT2D eigenvalue weighted by atomic mass is 19.4. The topological polar surface area (TPSA) is 141 Å². The Morgan fingerprint density at radius 2 is 1.92 bits per heavy atom. The van der Waals surface area contributed by atoms with Crippen LogP contribution in [-0.2, 0) is 16.1 Å². The minimum atomic E-state index is -4.84. The van der Waals surface area contributed by atoms with E-state index in [0.29, 0.717) is 31.3 Å². The number of nitrogens with one attached hydrogen (secondary N) is 3. The first-order chi connectivity index (χ1) is 18.1. The Balaban J connectivity index is 1.52. The number of nitrogens with zero attached hydrogens (tertiary/aromatic N) is 3. The number of para-hydroxylation sites is 1. The van der Waals surface area contributed by atoms with Gasteiger partial charge in [-0.1, -0.05) is 18.2 Å². The lowest BCUT2D eigenvalue weighted by Gasteiger charge is -2.29. The third kappa shape index (κ3) is 9.32. The molecule has 2 aromatic rings. The fraction of sp³-hybridized carbons (Fsp3) is 0.542. The summed E-state index contributed by atoms with van der Waals surface area (Å²) < 4.78 is 46.7. The Kier molecular flexibility index (Phi) is 10.4. The molecule has 0 aliphatic heterocycles. The molecule has 14 heteroatoms. The van der Waals surface area contributed by atoms with Gasteiger partial charge in [-0.05, 0) is 50.6 Å². The number of ether oxygens (including phenoxy) is 2. The molecule has 1 fully saturated rings. The van der Waals surface area contributed by atoms with Gasteiger partial charge in [-0.25, -0.2) is 4.98 Å². The molecule has 1 aromatic carbocycles. The smallest absolute Gasteiger partial charge is 0.469 e. The number of methoxy groups -OCH3 is 1. The summed E-state index contributed by atoms with van der Waals surface area (Å²) in [5, 5.41) is 20.8. The van der Waals surface area contributed by atoms with Gasteiger partial charge in [0.25, 0.3) is 0 Å². The number of hydrogen-bond acceptors (Lipinski definition) is 10. The van der Waals surface area contributed by atoms with E-state index >= 15 is 0 Å². The summed E-state index contributed by atoms with van der Waals surface area (Å²) in [4.78, 5) is 30.2. The molecule has 3 rings (SSSR count). The number of hydrogen-bond donors (Lipinski definition) is 3. The van der Waals surface area contributed by atoms with Gasteiger partial charge in [0.15, 0.2) is 0 Å². The maximum absolute atomic E-state index is 12.7. The quantitative estimate of drug-likeness (QED) is 0.145. The van der Waals surface area contributed by atoms with E-state index in [4.69, 9.17) is 0 Å². The normalized spacial score (nSPS) is 17.5. The molecular weight excluding hydrogens is 509 g/mol. The summed E-state index contributed by atoms with van der Waals surface area (Å²) in [5.74, 6) is -0.226. The molecule has 0 spiro atoms. The molecule has 1 aliphatic carbocycles. The summed E-state index contributed by atoms with van der Waals surface area (Å²) in [6.45, 7) is 1.13. The Hall–Kier alpha value is -3.68. The second-order valence-electron chi connectivity index (χ2n) is 8.93. The molecule has 208 valence electrons. The monoisotopic (exact) mass is 540 g/mol. The standard InChI is InChI=1S/C24H31F3N6O5/c1-37-21(34)7-4-12-28-18-10-8-16(9-11-18)13-29-22-19(33(35)36)15-31-23(32-22)30-14-17-5-2-3-6-20(17)38-24(25,26)27/h2-3,5-6,15-16,18,28H,4,7-14H2,1H3,(H2,29,30,31,32)/t16-,18-. The number of carbonyl (C=O) groups excluding carboxylic acids is 1. The van der Waals surface area contributed by atoms with E-state index in [1.165, 1.54) is 25.3 Å². The van der Waals surface area contributed by atoms with Gasteiger partial charge >= 0.3 is 18.0 Å². The number of carbonyl (C=O) groups is 1. The molecule has 1 heterocycles. The SMILES string of the molecule is COC(=O)CCCN[C@H]1CC[C@H](CNc2nc(NCc3ccccc3OC(F)(F)F)ncc2[N+](=O)[O-])CC1. The van der Waals surface area contributed by atoms with Gasteiger partial charge in [0.05, 0.1) is 12.0 Å². The van der Waals surface area contributed by atoms with Crippen molar-refractivity contribution in [1.29, 1.82) is 0 Å². The van der Waals surface area contributed by atoms with Gasteiger partial charge in [0.1, 0.15) is 11.9 Å². The summed E-state index contributed by atoms with van der Waals surface area (Å²) >= 11 is 0. The highest BCUT2D eigenvalue weighted by Crippen LogP contribution is 2.29. The second-order valence-corrected chi connectivity index (χ2v) is 8.93. The van der Waals surface area contributed by atoms with E-state index in [9.17, 15) is 28.1 Å². The average Bonchev–Trinajstić information content (AvgIpc) is 2.89. The summed E-state index contributed by atoms with van der Waals surface area (Å²) in [5.41, 5.74) is -0.0748. The lowest BCUT2D eigenvalue weighted by molar-refractivity contribution is -0.384. The number of benzene rings is 1. The van der Waals surface area contributed by atoms with E-state index in [2.05, 4.69) is 35.4 Å². The van der Waals surface area contributed by atoms with Crippen LogP contribution in [0.4, 0.5) is 30.6 Å². The Morgan fingerprint density at radius 3 is 2.61 bits per heavy atom. The van der Waals surface area contributed by atoms with Gasteiger partial charge < -0.3 is 25.4 Å². The third-order valence-corrected chi connectivity index (χ3v) is 6.22. The first-order valence-corrected chi connectivity index (χ1v) is 12.3. The van der Waals surface area contributed by atoms with E-state index in [1.54, 1.807) is 6.07 Å². The van der Waals surface area contributed by atoms with Gasteiger partial charge in [-0.15, -0.1) is 13.2 Å². The van der Waals surface area contributed by atoms with Gasteiger partial charge in [0.2, 0.25) is 11.8 Å². The molecule has 1 aromatic heterocycles. The van der Waals surface area contributed by atoms with Crippen LogP contribution in [0.15, 0.2) is 30.5 Å². The van der Waals surface area contributed by atoms with E-state index in [1.807, 2.05) is 0 Å². The Labute approximate surface area is 217 Å². The zero-order valence-corrected chi connectivity index (χ0v) is 20.9. The molecule has 0 saturated heterocycles. The van der Waals surface area contributed by atoms with Crippen molar-refractivity contribution in [2.24, 2.45) is 5.92 Å². The maximum atomic E-state index is 12.7. The highest BCUT2D eigenvalue weighted by molar-refractivity contribution is 5.69. The summed E-state index contributed by atoms with van der Waals surface area (Å²) in [6.07, 6.45) is 1.05. The van der Waals surface area contributed by atoms with Crippen LogP contribution in [-0.4, -0.2) is 53.5 Å². The lowest BCUT2D eigenvalue weighted by atomic mass is 9.86. The van der Waals surface area contributed by atoms with Crippen molar-refractivity contribution in [3.05, 3.63) is 46.1 Å². The predicted octanol–water partition coefficient (Wildman–Crippen LogP) is 4.41. The minimum Gasteiger partial charge on any atom is -0.469 e.